The number of amides is 2. The molecule has 0 fully saturated rings. The van der Waals surface area contributed by atoms with E-state index in [1.165, 1.54) is 17.6 Å². The molecule has 0 radical (unpaired) electrons. The number of aromatic nitrogens is 1. The minimum Gasteiger partial charge on any atom is -0.459 e. The maximum Gasteiger partial charge on any atom is 0.293 e. The fraction of sp³-hybridized carbons (Fsp3) is 0.238. The van der Waals surface area contributed by atoms with Gasteiger partial charge in [-0.2, -0.15) is 0 Å². The van der Waals surface area contributed by atoms with Crippen molar-refractivity contribution in [3.8, 4) is 0 Å². The number of Topliss-reactive ketones (excluding diaryl/α,β-unsaturated/α-hetero) is 1. The molecule has 154 valence electrons. The molecule has 0 saturated heterocycles. The Morgan fingerprint density at radius 3 is 2.70 bits per heavy atom. The molecule has 0 atom stereocenters. The molecule has 7 nitrogen and oxygen atoms in total. The number of ketones is 1. The van der Waals surface area contributed by atoms with Gasteiger partial charge in [-0.15, -0.1) is 0 Å². The van der Waals surface area contributed by atoms with Crippen LogP contribution in [0.2, 0.25) is 5.02 Å². The van der Waals surface area contributed by atoms with E-state index in [2.05, 4.69) is 10.3 Å². The number of benzene rings is 1. The summed E-state index contributed by atoms with van der Waals surface area (Å²) in [6.45, 7) is 0.966. The number of nitrogens with zero attached hydrogens (tertiary/aromatic N) is 2. The molecule has 2 aromatic heterocycles. The number of furan rings is 1. The largest absolute Gasteiger partial charge is 0.459 e. The molecule has 0 aliphatic carbocycles. The lowest BCUT2D eigenvalue weighted by atomic mass is 10.1. The Bertz CT molecular complexity index is 1080. The average Bonchev–Trinajstić information content (AvgIpc) is 3.41. The van der Waals surface area contributed by atoms with Crippen LogP contribution in [-0.4, -0.2) is 34.0 Å². The minimum absolute atomic E-state index is 0.0717. The molecule has 4 rings (SSSR count). The Hall–Kier alpha value is -2.97. The lowest BCUT2D eigenvalue weighted by molar-refractivity contribution is -0.132. The van der Waals surface area contributed by atoms with Gasteiger partial charge in [0, 0.05) is 41.3 Å². The van der Waals surface area contributed by atoms with Crippen molar-refractivity contribution in [1.29, 1.82) is 0 Å². The quantitative estimate of drug-likeness (QED) is 0.576. The Labute approximate surface area is 181 Å². The highest BCUT2D eigenvalue weighted by Gasteiger charge is 2.25. The van der Waals surface area contributed by atoms with E-state index in [1.54, 1.807) is 41.3 Å². The van der Waals surface area contributed by atoms with Gasteiger partial charge in [-0.3, -0.25) is 19.7 Å². The Morgan fingerprint density at radius 2 is 1.97 bits per heavy atom. The zero-order chi connectivity index (χ0) is 21.1. The summed E-state index contributed by atoms with van der Waals surface area (Å²) in [5, 5.41) is 3.77. The van der Waals surface area contributed by atoms with Crippen LogP contribution in [0.1, 0.15) is 44.3 Å². The topological polar surface area (TPSA) is 92.5 Å². The third-order valence-electron chi connectivity index (χ3n) is 4.78. The van der Waals surface area contributed by atoms with Gasteiger partial charge < -0.3 is 9.32 Å². The first-order chi connectivity index (χ1) is 14.5. The Balaban J connectivity index is 1.32. The molecule has 0 spiro atoms. The Morgan fingerprint density at radius 1 is 1.17 bits per heavy atom. The number of carbonyl (C=O) groups is 3. The number of thiazole rings is 1. The second-order valence-corrected chi connectivity index (χ2v) is 8.34. The van der Waals surface area contributed by atoms with E-state index in [0.29, 0.717) is 35.2 Å². The monoisotopic (exact) mass is 443 g/mol. The smallest absolute Gasteiger partial charge is 0.293 e. The average molecular weight is 444 g/mol. The van der Waals surface area contributed by atoms with Crippen molar-refractivity contribution in [1.82, 2.24) is 9.88 Å². The molecule has 9 heteroatoms. The molecule has 0 unspecified atom stereocenters. The van der Waals surface area contributed by atoms with Crippen molar-refractivity contribution in [2.45, 2.75) is 25.8 Å². The molecule has 3 heterocycles. The highest BCUT2D eigenvalue weighted by Crippen LogP contribution is 2.29. The normalized spacial score (nSPS) is 13.0. The van der Waals surface area contributed by atoms with Crippen LogP contribution in [0, 0.1) is 0 Å². The van der Waals surface area contributed by atoms with Gasteiger partial charge in [0.05, 0.1) is 18.5 Å². The predicted molar refractivity (Wildman–Crippen MR) is 113 cm³/mol. The highest BCUT2D eigenvalue weighted by molar-refractivity contribution is 7.15. The first kappa shape index (κ1) is 20.3. The van der Waals surface area contributed by atoms with Crippen molar-refractivity contribution >= 4 is 45.7 Å². The summed E-state index contributed by atoms with van der Waals surface area (Å²) in [7, 11) is 0. The van der Waals surface area contributed by atoms with Gasteiger partial charge in [-0.1, -0.05) is 22.9 Å². The number of nitrogens with one attached hydrogen (secondary N) is 1. The van der Waals surface area contributed by atoms with E-state index in [-0.39, 0.29) is 36.2 Å². The van der Waals surface area contributed by atoms with Gasteiger partial charge in [-0.05, 0) is 36.4 Å². The van der Waals surface area contributed by atoms with Gasteiger partial charge in [-0.25, -0.2) is 4.98 Å². The second kappa shape index (κ2) is 8.81. The van der Waals surface area contributed by atoms with Crippen LogP contribution >= 0.6 is 22.9 Å². The molecule has 0 bridgehead atoms. The number of halogens is 1. The van der Waals surface area contributed by atoms with Crippen LogP contribution in [0.25, 0.3) is 0 Å². The van der Waals surface area contributed by atoms with E-state index in [9.17, 15) is 14.4 Å². The van der Waals surface area contributed by atoms with Gasteiger partial charge in [0.1, 0.15) is 0 Å². The van der Waals surface area contributed by atoms with Crippen molar-refractivity contribution in [2.24, 2.45) is 0 Å². The van der Waals surface area contributed by atoms with Crippen molar-refractivity contribution in [2.75, 3.05) is 11.9 Å². The van der Waals surface area contributed by atoms with Crippen LogP contribution in [0.3, 0.4) is 0 Å². The molecule has 3 aromatic rings. The zero-order valence-corrected chi connectivity index (χ0v) is 17.5. The summed E-state index contributed by atoms with van der Waals surface area (Å²) in [6, 6.07) is 9.87. The maximum absolute atomic E-state index is 12.6. The van der Waals surface area contributed by atoms with Crippen LogP contribution in [0.4, 0.5) is 5.13 Å². The maximum atomic E-state index is 12.6. The van der Waals surface area contributed by atoms with Crippen LogP contribution in [-0.2, 0) is 17.8 Å². The molecule has 1 N–H and O–H groups in total. The number of rotatable bonds is 6. The molecule has 2 amide bonds. The van der Waals surface area contributed by atoms with E-state index in [1.807, 2.05) is 0 Å². The summed E-state index contributed by atoms with van der Waals surface area (Å²) < 4.78 is 5.08. The van der Waals surface area contributed by atoms with E-state index in [4.69, 9.17) is 16.0 Å². The first-order valence-corrected chi connectivity index (χ1v) is 10.6. The molecular weight excluding hydrogens is 426 g/mol. The van der Waals surface area contributed by atoms with Crippen LogP contribution in [0.15, 0.2) is 47.1 Å². The SMILES string of the molecule is O=C(CCC(=O)N1CCc2nc(NC(=O)c3ccco3)sc2C1)c1ccc(Cl)cc1. The summed E-state index contributed by atoms with van der Waals surface area (Å²) >= 11 is 7.18. The second-order valence-electron chi connectivity index (χ2n) is 6.82. The third kappa shape index (κ3) is 4.60. The van der Waals surface area contributed by atoms with Gasteiger partial charge in [0.25, 0.3) is 5.91 Å². The number of anilines is 1. The number of hydrogen-bond acceptors (Lipinski definition) is 6. The number of fused-ring (bicyclic) bond motifs is 1. The number of hydrogen-bond donors (Lipinski definition) is 1. The summed E-state index contributed by atoms with van der Waals surface area (Å²) in [4.78, 5) is 44.1. The summed E-state index contributed by atoms with van der Waals surface area (Å²) in [5.41, 5.74) is 1.43. The third-order valence-corrected chi connectivity index (χ3v) is 6.03. The van der Waals surface area contributed by atoms with E-state index in [0.717, 1.165) is 10.6 Å². The zero-order valence-electron chi connectivity index (χ0n) is 15.9. The van der Waals surface area contributed by atoms with Crippen LogP contribution < -0.4 is 5.32 Å². The molecule has 0 saturated carbocycles. The Kier molecular flexibility index (Phi) is 5.96. The lowest BCUT2D eigenvalue weighted by Crippen LogP contribution is -2.35. The van der Waals surface area contributed by atoms with Crippen LogP contribution in [0.5, 0.6) is 0 Å². The van der Waals surface area contributed by atoms with Crippen molar-refractivity contribution < 1.29 is 18.8 Å². The fourth-order valence-electron chi connectivity index (χ4n) is 3.19. The van der Waals surface area contributed by atoms with Gasteiger partial charge in [0.15, 0.2) is 16.7 Å². The fourth-order valence-corrected chi connectivity index (χ4v) is 4.33. The van der Waals surface area contributed by atoms with Gasteiger partial charge in [0.2, 0.25) is 5.91 Å². The molecular formula is C21H18ClN3O4S. The van der Waals surface area contributed by atoms with Crippen molar-refractivity contribution in [3.05, 3.63) is 69.6 Å². The summed E-state index contributed by atoms with van der Waals surface area (Å²) in [6.07, 6.45) is 2.34. The standard InChI is InChI=1S/C21H18ClN3O4S/c22-14-5-3-13(4-6-14)16(26)7-8-19(27)25-10-9-15-18(12-25)30-21(23-15)24-20(28)17-2-1-11-29-17/h1-6,11H,7-10,12H2,(H,23,24,28). The molecule has 1 aliphatic rings. The molecule has 1 aliphatic heterocycles. The minimum atomic E-state index is -0.361. The molecule has 30 heavy (non-hydrogen) atoms. The first-order valence-electron chi connectivity index (χ1n) is 9.39. The van der Waals surface area contributed by atoms with E-state index >= 15 is 0 Å². The lowest BCUT2D eigenvalue weighted by Gasteiger charge is -2.26. The van der Waals surface area contributed by atoms with Crippen molar-refractivity contribution in [3.63, 3.8) is 0 Å². The highest BCUT2D eigenvalue weighted by atomic mass is 35.5. The summed E-state index contributed by atoms with van der Waals surface area (Å²) in [5.74, 6) is -0.305. The number of carbonyl (C=O) groups excluding carboxylic acids is 3. The van der Waals surface area contributed by atoms with Gasteiger partial charge >= 0.3 is 0 Å². The molecule has 1 aromatic carbocycles. The van der Waals surface area contributed by atoms with E-state index < -0.39 is 0 Å². The predicted octanol–water partition coefficient (Wildman–Crippen LogP) is 4.19.